The Bertz CT molecular complexity index is 202. The van der Waals surface area contributed by atoms with Gasteiger partial charge in [0, 0.05) is 0 Å². The van der Waals surface area contributed by atoms with E-state index >= 15 is 0 Å². The summed E-state index contributed by atoms with van der Waals surface area (Å²) in [5.41, 5.74) is 0. The molecule has 0 heterocycles. The Labute approximate surface area is 79.6 Å². The second kappa shape index (κ2) is 4.03. The largest absolute Gasteiger partial charge is 0.465 e. The van der Waals surface area contributed by atoms with Crippen molar-refractivity contribution < 1.29 is 14.3 Å². The Morgan fingerprint density at radius 3 is 2.75 bits per heavy atom. The minimum absolute atomic E-state index is 0.0338. The molecular formula is C8H11BrO3. The number of carbonyl (C=O) groups excluding carboxylic acids is 2. The molecule has 1 aliphatic carbocycles. The Morgan fingerprint density at radius 2 is 2.33 bits per heavy atom. The van der Waals surface area contributed by atoms with Crippen LogP contribution < -0.4 is 0 Å². The first kappa shape index (κ1) is 9.71. The van der Waals surface area contributed by atoms with Gasteiger partial charge < -0.3 is 4.74 Å². The van der Waals surface area contributed by atoms with Crippen LogP contribution >= 0.6 is 15.9 Å². The summed E-state index contributed by atoms with van der Waals surface area (Å²) >= 11 is 3.21. The van der Waals surface area contributed by atoms with Gasteiger partial charge in [-0.05, 0) is 19.8 Å². The van der Waals surface area contributed by atoms with Crippen LogP contribution in [-0.2, 0) is 14.3 Å². The number of hydrogen-bond acceptors (Lipinski definition) is 3. The quantitative estimate of drug-likeness (QED) is 0.411. The summed E-state index contributed by atoms with van der Waals surface area (Å²) in [5, 5.41) is 0. The molecule has 2 atom stereocenters. The predicted molar refractivity (Wildman–Crippen MR) is 47.1 cm³/mol. The van der Waals surface area contributed by atoms with Crippen molar-refractivity contribution in [1.29, 1.82) is 0 Å². The maximum atomic E-state index is 11.3. The minimum atomic E-state index is -0.519. The van der Waals surface area contributed by atoms with E-state index in [4.69, 9.17) is 4.74 Å². The molecule has 0 radical (unpaired) electrons. The molecule has 12 heavy (non-hydrogen) atoms. The van der Waals surface area contributed by atoms with Crippen LogP contribution in [0.4, 0.5) is 0 Å². The standard InChI is InChI=1S/C8H11BrO3/c1-2-12-8(11)5-3-4-6(9)7(5)10/h5-6H,2-4H2,1H3. The summed E-state index contributed by atoms with van der Waals surface area (Å²) in [6.45, 7) is 2.08. The van der Waals surface area contributed by atoms with Gasteiger partial charge in [-0.3, -0.25) is 9.59 Å². The van der Waals surface area contributed by atoms with Crippen LogP contribution in [0.15, 0.2) is 0 Å². The second-order valence-corrected chi connectivity index (χ2v) is 3.86. The molecule has 68 valence electrons. The molecular weight excluding hydrogens is 224 g/mol. The number of ketones is 1. The number of hydrogen-bond donors (Lipinski definition) is 0. The van der Waals surface area contributed by atoms with Crippen molar-refractivity contribution in [3.05, 3.63) is 0 Å². The third-order valence-corrected chi connectivity index (χ3v) is 2.84. The highest BCUT2D eigenvalue weighted by Gasteiger charge is 2.38. The number of esters is 1. The molecule has 1 rings (SSSR count). The van der Waals surface area contributed by atoms with Crippen LogP contribution in [0.25, 0.3) is 0 Å². The SMILES string of the molecule is CCOC(=O)C1CCC(Br)C1=O. The Morgan fingerprint density at radius 1 is 1.67 bits per heavy atom. The van der Waals surface area contributed by atoms with Crippen molar-refractivity contribution >= 4 is 27.7 Å². The lowest BCUT2D eigenvalue weighted by molar-refractivity contribution is -0.150. The average molecular weight is 235 g/mol. The summed E-state index contributed by atoms with van der Waals surface area (Å²) in [5.74, 6) is -0.924. The molecule has 0 amide bonds. The highest BCUT2D eigenvalue weighted by molar-refractivity contribution is 9.10. The highest BCUT2D eigenvalue weighted by Crippen LogP contribution is 2.28. The topological polar surface area (TPSA) is 43.4 Å². The van der Waals surface area contributed by atoms with Gasteiger partial charge in [0.25, 0.3) is 0 Å². The van der Waals surface area contributed by atoms with Crippen molar-refractivity contribution in [3.8, 4) is 0 Å². The Balaban J connectivity index is 2.53. The highest BCUT2D eigenvalue weighted by atomic mass is 79.9. The first-order valence-electron chi connectivity index (χ1n) is 4.01. The van der Waals surface area contributed by atoms with E-state index in [-0.39, 0.29) is 16.6 Å². The van der Waals surface area contributed by atoms with Crippen LogP contribution in [0.1, 0.15) is 19.8 Å². The number of Topliss-reactive ketones (excluding diaryl/α,β-unsaturated/α-hetero) is 1. The number of carbonyl (C=O) groups is 2. The number of rotatable bonds is 2. The molecule has 0 saturated heterocycles. The molecule has 3 nitrogen and oxygen atoms in total. The predicted octanol–water partition coefficient (Wildman–Crippen LogP) is 1.29. The van der Waals surface area contributed by atoms with E-state index in [1.165, 1.54) is 0 Å². The lowest BCUT2D eigenvalue weighted by Crippen LogP contribution is -2.24. The molecule has 0 aliphatic heterocycles. The van der Waals surface area contributed by atoms with Gasteiger partial charge in [0.1, 0.15) is 5.92 Å². The van der Waals surface area contributed by atoms with Crippen LogP contribution in [0.2, 0.25) is 0 Å². The fraction of sp³-hybridized carbons (Fsp3) is 0.750. The molecule has 0 aromatic rings. The van der Waals surface area contributed by atoms with E-state index in [9.17, 15) is 9.59 Å². The molecule has 0 spiro atoms. The van der Waals surface area contributed by atoms with Gasteiger partial charge in [-0.1, -0.05) is 15.9 Å². The van der Waals surface area contributed by atoms with E-state index in [0.717, 1.165) is 6.42 Å². The molecule has 0 aromatic carbocycles. The fourth-order valence-electron chi connectivity index (χ4n) is 1.29. The van der Waals surface area contributed by atoms with E-state index in [0.29, 0.717) is 13.0 Å². The van der Waals surface area contributed by atoms with Crippen LogP contribution in [0, 0.1) is 5.92 Å². The molecule has 1 fully saturated rings. The van der Waals surface area contributed by atoms with Crippen molar-refractivity contribution in [2.75, 3.05) is 6.61 Å². The Kier molecular flexibility index (Phi) is 3.26. The zero-order valence-electron chi connectivity index (χ0n) is 6.88. The van der Waals surface area contributed by atoms with Gasteiger partial charge in [0.15, 0.2) is 5.78 Å². The molecule has 0 aromatic heterocycles. The molecule has 0 N–H and O–H groups in total. The molecule has 4 heteroatoms. The van der Waals surface area contributed by atoms with Gasteiger partial charge in [-0.15, -0.1) is 0 Å². The van der Waals surface area contributed by atoms with E-state index in [1.807, 2.05) is 0 Å². The monoisotopic (exact) mass is 234 g/mol. The lowest BCUT2D eigenvalue weighted by atomic mass is 10.1. The van der Waals surface area contributed by atoms with Gasteiger partial charge in [-0.2, -0.15) is 0 Å². The average Bonchev–Trinajstić information content (AvgIpc) is 2.34. The number of ether oxygens (including phenoxy) is 1. The van der Waals surface area contributed by atoms with Crippen molar-refractivity contribution in [2.45, 2.75) is 24.6 Å². The van der Waals surface area contributed by atoms with Gasteiger partial charge >= 0.3 is 5.97 Å². The smallest absolute Gasteiger partial charge is 0.316 e. The van der Waals surface area contributed by atoms with E-state index in [1.54, 1.807) is 6.92 Å². The van der Waals surface area contributed by atoms with E-state index < -0.39 is 5.92 Å². The van der Waals surface area contributed by atoms with E-state index in [2.05, 4.69) is 15.9 Å². The molecule has 0 bridgehead atoms. The Hall–Kier alpha value is -0.380. The summed E-state index contributed by atoms with van der Waals surface area (Å²) in [4.78, 5) is 22.3. The maximum absolute atomic E-state index is 11.3. The van der Waals surface area contributed by atoms with Crippen LogP contribution in [0.5, 0.6) is 0 Å². The van der Waals surface area contributed by atoms with Crippen LogP contribution in [0.3, 0.4) is 0 Å². The molecule has 1 saturated carbocycles. The zero-order valence-corrected chi connectivity index (χ0v) is 8.46. The molecule has 2 unspecified atom stereocenters. The zero-order chi connectivity index (χ0) is 9.14. The first-order chi connectivity index (χ1) is 5.66. The third-order valence-electron chi connectivity index (χ3n) is 1.93. The summed E-state index contributed by atoms with van der Waals surface area (Å²) in [6, 6.07) is 0. The van der Waals surface area contributed by atoms with Crippen LogP contribution in [-0.4, -0.2) is 23.2 Å². The molecule has 1 aliphatic rings. The summed E-state index contributed by atoms with van der Waals surface area (Å²) in [6.07, 6.45) is 1.36. The third kappa shape index (κ3) is 1.86. The summed E-state index contributed by atoms with van der Waals surface area (Å²) < 4.78 is 4.76. The first-order valence-corrected chi connectivity index (χ1v) is 4.92. The number of halogens is 1. The van der Waals surface area contributed by atoms with Gasteiger partial charge in [-0.25, -0.2) is 0 Å². The van der Waals surface area contributed by atoms with Gasteiger partial charge in [0.2, 0.25) is 0 Å². The second-order valence-electron chi connectivity index (χ2n) is 2.75. The lowest BCUT2D eigenvalue weighted by Gasteiger charge is -2.06. The number of alkyl halides is 1. The minimum Gasteiger partial charge on any atom is -0.465 e. The van der Waals surface area contributed by atoms with Crippen molar-refractivity contribution in [2.24, 2.45) is 5.92 Å². The van der Waals surface area contributed by atoms with Gasteiger partial charge in [0.05, 0.1) is 11.4 Å². The van der Waals surface area contributed by atoms with Crippen molar-refractivity contribution in [1.82, 2.24) is 0 Å². The summed E-state index contributed by atoms with van der Waals surface area (Å²) in [7, 11) is 0. The fourth-order valence-corrected chi connectivity index (χ4v) is 1.88. The maximum Gasteiger partial charge on any atom is 0.316 e. The normalized spacial score (nSPS) is 29.0. The van der Waals surface area contributed by atoms with Crippen molar-refractivity contribution in [3.63, 3.8) is 0 Å².